The number of benzene rings is 1. The second-order valence-corrected chi connectivity index (χ2v) is 6.58. The molecule has 20 heavy (non-hydrogen) atoms. The van der Waals surface area contributed by atoms with Crippen LogP contribution in [0.3, 0.4) is 0 Å². The van der Waals surface area contributed by atoms with E-state index in [4.69, 9.17) is 4.74 Å². The van der Waals surface area contributed by atoms with Crippen molar-refractivity contribution in [2.45, 2.75) is 34.1 Å². The lowest BCUT2D eigenvalue weighted by atomic mass is 9.94. The van der Waals surface area contributed by atoms with Crippen molar-refractivity contribution >= 4 is 0 Å². The average Bonchev–Trinajstić information content (AvgIpc) is 2.37. The highest BCUT2D eigenvalue weighted by atomic mass is 16.5. The Kier molecular flexibility index (Phi) is 6.80. The van der Waals surface area contributed by atoms with Gasteiger partial charge in [0.2, 0.25) is 0 Å². The summed E-state index contributed by atoms with van der Waals surface area (Å²) >= 11 is 0. The van der Waals surface area contributed by atoms with Gasteiger partial charge in [-0.15, -0.1) is 6.58 Å². The zero-order valence-electron chi connectivity index (χ0n) is 13.4. The van der Waals surface area contributed by atoms with Crippen molar-refractivity contribution in [2.75, 3.05) is 19.7 Å². The van der Waals surface area contributed by atoms with Crippen molar-refractivity contribution in [2.24, 2.45) is 11.3 Å². The molecule has 1 N–H and O–H groups in total. The molecular weight excluding hydrogens is 246 g/mol. The molecule has 2 nitrogen and oxygen atoms in total. The number of nitrogens with one attached hydrogen (secondary N) is 1. The molecule has 0 unspecified atom stereocenters. The molecule has 0 aromatic heterocycles. The first kappa shape index (κ1) is 16.8. The summed E-state index contributed by atoms with van der Waals surface area (Å²) in [6.45, 7) is 15.4. The number of hydrogen-bond acceptors (Lipinski definition) is 2. The highest BCUT2D eigenvalue weighted by molar-refractivity contribution is 5.34. The van der Waals surface area contributed by atoms with Gasteiger partial charge in [0.15, 0.2) is 0 Å². The molecule has 0 spiro atoms. The molecule has 0 atom stereocenters. The van der Waals surface area contributed by atoms with Gasteiger partial charge in [0.25, 0.3) is 0 Å². The fourth-order valence-corrected chi connectivity index (χ4v) is 1.99. The molecule has 0 aliphatic heterocycles. The molecule has 0 saturated heterocycles. The lowest BCUT2D eigenvalue weighted by Gasteiger charge is -2.26. The predicted octanol–water partition coefficient (Wildman–Crippen LogP) is 4.07. The summed E-state index contributed by atoms with van der Waals surface area (Å²) in [5.74, 6) is 1.66. The first-order valence-electron chi connectivity index (χ1n) is 7.47. The second-order valence-electron chi connectivity index (χ2n) is 6.58. The molecular formula is C18H29NO. The van der Waals surface area contributed by atoms with Crippen molar-refractivity contribution in [3.8, 4) is 5.75 Å². The van der Waals surface area contributed by atoms with E-state index < -0.39 is 0 Å². The molecule has 1 rings (SSSR count). The molecule has 0 fully saturated rings. The molecule has 0 amide bonds. The molecule has 1 aromatic carbocycles. The van der Waals surface area contributed by atoms with Gasteiger partial charge in [-0.25, -0.2) is 0 Å². The third-order valence-electron chi connectivity index (χ3n) is 3.11. The molecule has 0 aliphatic carbocycles. The number of para-hydroxylation sites is 1. The Bertz CT molecular complexity index is 410. The summed E-state index contributed by atoms with van der Waals surface area (Å²) in [4.78, 5) is 0. The number of rotatable bonds is 9. The van der Waals surface area contributed by atoms with Crippen molar-refractivity contribution in [1.82, 2.24) is 5.32 Å². The van der Waals surface area contributed by atoms with Crippen LogP contribution in [0.5, 0.6) is 5.75 Å². The normalized spacial score (nSPS) is 11.7. The summed E-state index contributed by atoms with van der Waals surface area (Å²) in [7, 11) is 0. The van der Waals surface area contributed by atoms with E-state index in [-0.39, 0.29) is 5.41 Å². The fourth-order valence-electron chi connectivity index (χ4n) is 1.99. The molecule has 0 saturated carbocycles. The van der Waals surface area contributed by atoms with Crippen LogP contribution < -0.4 is 10.1 Å². The van der Waals surface area contributed by atoms with Gasteiger partial charge in [0, 0.05) is 12.0 Å². The predicted molar refractivity (Wildman–Crippen MR) is 87.3 cm³/mol. The van der Waals surface area contributed by atoms with E-state index in [0.29, 0.717) is 12.5 Å². The standard InChI is InChI=1S/C18H29NO/c1-6-9-16-10-7-8-11-17(16)20-14-18(4,5)13-19-12-15(2)3/h6-8,10-11,15,19H,1,9,12-14H2,2-5H3. The van der Waals surface area contributed by atoms with Crippen LogP contribution in [0.1, 0.15) is 33.3 Å². The molecule has 0 aliphatic rings. The zero-order chi connectivity index (χ0) is 15.0. The van der Waals surface area contributed by atoms with Gasteiger partial charge in [-0.3, -0.25) is 0 Å². The number of ether oxygens (including phenoxy) is 1. The number of hydrogen-bond donors (Lipinski definition) is 1. The highest BCUT2D eigenvalue weighted by Crippen LogP contribution is 2.22. The summed E-state index contributed by atoms with van der Waals surface area (Å²) in [5.41, 5.74) is 1.32. The van der Waals surface area contributed by atoms with E-state index in [2.05, 4.69) is 45.7 Å². The van der Waals surface area contributed by atoms with Crippen LogP contribution in [0, 0.1) is 11.3 Å². The monoisotopic (exact) mass is 275 g/mol. The van der Waals surface area contributed by atoms with Crippen molar-refractivity contribution < 1.29 is 4.74 Å². The van der Waals surface area contributed by atoms with Crippen molar-refractivity contribution in [1.29, 1.82) is 0 Å². The van der Waals surface area contributed by atoms with E-state index >= 15 is 0 Å². The summed E-state index contributed by atoms with van der Waals surface area (Å²) < 4.78 is 6.02. The Labute approximate surface area is 124 Å². The minimum absolute atomic E-state index is 0.121. The Morgan fingerprint density at radius 3 is 2.65 bits per heavy atom. The largest absolute Gasteiger partial charge is 0.493 e. The third-order valence-corrected chi connectivity index (χ3v) is 3.11. The molecule has 0 radical (unpaired) electrons. The molecule has 1 aromatic rings. The quantitative estimate of drug-likeness (QED) is 0.686. The maximum atomic E-state index is 6.02. The van der Waals surface area contributed by atoms with Crippen LogP contribution >= 0.6 is 0 Å². The van der Waals surface area contributed by atoms with Crippen LogP contribution in [0.4, 0.5) is 0 Å². The first-order valence-corrected chi connectivity index (χ1v) is 7.47. The fraction of sp³-hybridized carbons (Fsp3) is 0.556. The second kappa shape index (κ2) is 8.11. The lowest BCUT2D eigenvalue weighted by molar-refractivity contribution is 0.174. The molecule has 0 heterocycles. The van der Waals surface area contributed by atoms with Gasteiger partial charge in [0.05, 0.1) is 6.61 Å². The van der Waals surface area contributed by atoms with E-state index in [1.165, 1.54) is 5.56 Å². The zero-order valence-corrected chi connectivity index (χ0v) is 13.4. The van der Waals surface area contributed by atoms with Crippen molar-refractivity contribution in [3.05, 3.63) is 42.5 Å². The minimum Gasteiger partial charge on any atom is -0.493 e. The molecule has 112 valence electrons. The van der Waals surface area contributed by atoms with Crippen LogP contribution in [-0.2, 0) is 6.42 Å². The third kappa shape index (κ3) is 6.25. The lowest BCUT2D eigenvalue weighted by Crippen LogP contribution is -2.36. The van der Waals surface area contributed by atoms with Crippen LogP contribution in [0.2, 0.25) is 0 Å². The minimum atomic E-state index is 0.121. The summed E-state index contributed by atoms with van der Waals surface area (Å²) in [6.07, 6.45) is 2.76. The summed E-state index contributed by atoms with van der Waals surface area (Å²) in [5, 5.41) is 3.50. The van der Waals surface area contributed by atoms with Gasteiger partial charge < -0.3 is 10.1 Å². The highest BCUT2D eigenvalue weighted by Gasteiger charge is 2.19. The van der Waals surface area contributed by atoms with E-state index in [1.807, 2.05) is 24.3 Å². The van der Waals surface area contributed by atoms with Gasteiger partial charge in [0.1, 0.15) is 5.75 Å². The van der Waals surface area contributed by atoms with Gasteiger partial charge in [-0.2, -0.15) is 0 Å². The Morgan fingerprint density at radius 2 is 2.00 bits per heavy atom. The smallest absolute Gasteiger partial charge is 0.122 e. The summed E-state index contributed by atoms with van der Waals surface area (Å²) in [6, 6.07) is 8.20. The van der Waals surface area contributed by atoms with Crippen molar-refractivity contribution in [3.63, 3.8) is 0 Å². The van der Waals surface area contributed by atoms with Crippen LogP contribution in [0.25, 0.3) is 0 Å². The Balaban J connectivity index is 2.50. The van der Waals surface area contributed by atoms with Gasteiger partial charge in [-0.05, 0) is 30.5 Å². The Hall–Kier alpha value is -1.28. The van der Waals surface area contributed by atoms with Crippen LogP contribution in [-0.4, -0.2) is 19.7 Å². The number of allylic oxidation sites excluding steroid dienone is 1. The SMILES string of the molecule is C=CCc1ccccc1OCC(C)(C)CNCC(C)C. The van der Waals surface area contributed by atoms with E-state index in [9.17, 15) is 0 Å². The van der Waals surface area contributed by atoms with Gasteiger partial charge in [-0.1, -0.05) is 52.0 Å². The molecule has 0 bridgehead atoms. The first-order chi connectivity index (χ1) is 9.44. The van der Waals surface area contributed by atoms with E-state index in [1.54, 1.807) is 0 Å². The van der Waals surface area contributed by atoms with Gasteiger partial charge >= 0.3 is 0 Å². The Morgan fingerprint density at radius 1 is 1.30 bits per heavy atom. The maximum absolute atomic E-state index is 6.02. The topological polar surface area (TPSA) is 21.3 Å². The van der Waals surface area contributed by atoms with E-state index in [0.717, 1.165) is 25.3 Å². The molecule has 2 heteroatoms. The average molecular weight is 275 g/mol. The van der Waals surface area contributed by atoms with Crippen LogP contribution in [0.15, 0.2) is 36.9 Å². The maximum Gasteiger partial charge on any atom is 0.122 e.